The zero-order valence-electron chi connectivity index (χ0n) is 6.37. The molecule has 0 N–H and O–H groups in total. The predicted molar refractivity (Wildman–Crippen MR) is 44.4 cm³/mol. The summed E-state index contributed by atoms with van der Waals surface area (Å²) in [7, 11) is 0. The molecular weight excluding hydrogens is 201 g/mol. The quantitative estimate of drug-likeness (QED) is 0.432. The largest absolute Gasteiger partial charge is 0.471 e. The molecule has 0 aliphatic heterocycles. The number of hydrogen-bond acceptors (Lipinski definition) is 3. The summed E-state index contributed by atoms with van der Waals surface area (Å²) in [6.45, 7) is 0. The van der Waals surface area contributed by atoms with Crippen molar-refractivity contribution in [2.45, 2.75) is 0 Å². The van der Waals surface area contributed by atoms with Crippen LogP contribution in [-0.2, 0) is 0 Å². The highest BCUT2D eigenvalue weighted by atomic mass is 35.5. The minimum absolute atomic E-state index is 0.0404. The van der Waals surface area contributed by atoms with E-state index in [2.05, 4.69) is 0 Å². The normalized spacial score (nSPS) is 9.69. The van der Waals surface area contributed by atoms with Crippen molar-refractivity contribution in [3.63, 3.8) is 0 Å². The maximum Gasteiger partial charge on any atom is 0.313 e. The molecule has 0 saturated heterocycles. The van der Waals surface area contributed by atoms with Crippen molar-refractivity contribution in [3.8, 4) is 5.75 Å². The Morgan fingerprint density at radius 3 is 2.85 bits per heavy atom. The predicted octanol–water partition coefficient (Wildman–Crippen LogP) is 2.31. The van der Waals surface area contributed by atoms with Crippen LogP contribution < -0.4 is 4.74 Å². The molecule has 0 aliphatic rings. The molecule has 0 amide bonds. The molecular formula is C7H5ClFNO3. The molecule has 6 heteroatoms. The molecule has 70 valence electrons. The molecule has 1 aromatic rings. The summed E-state index contributed by atoms with van der Waals surface area (Å²) in [6.07, 6.45) is 0. The second-order valence-corrected chi connectivity index (χ2v) is 2.34. The van der Waals surface area contributed by atoms with Gasteiger partial charge in [0.05, 0.1) is 11.0 Å². The molecule has 0 aliphatic carbocycles. The number of alkyl halides is 1. The summed E-state index contributed by atoms with van der Waals surface area (Å²) in [4.78, 5) is 9.63. The van der Waals surface area contributed by atoms with E-state index in [4.69, 9.17) is 16.3 Å². The van der Waals surface area contributed by atoms with Crippen molar-refractivity contribution in [3.05, 3.63) is 34.1 Å². The molecule has 4 nitrogen and oxygen atoms in total. The minimum atomic E-state index is -0.731. The standard InChI is InChI=1S/C7H5ClFNO3/c8-4-13-7-2-1-5(9)3-6(7)10(11)12/h1-3H,4H2. The van der Waals surface area contributed by atoms with E-state index in [0.29, 0.717) is 0 Å². The monoisotopic (exact) mass is 205 g/mol. The zero-order chi connectivity index (χ0) is 9.84. The molecule has 13 heavy (non-hydrogen) atoms. The Balaban J connectivity index is 3.10. The van der Waals surface area contributed by atoms with Crippen molar-refractivity contribution < 1.29 is 14.1 Å². The highest BCUT2D eigenvalue weighted by molar-refractivity contribution is 6.17. The fourth-order valence-corrected chi connectivity index (χ4v) is 0.932. The van der Waals surface area contributed by atoms with Crippen molar-refractivity contribution >= 4 is 17.3 Å². The second kappa shape index (κ2) is 4.04. The Hall–Kier alpha value is -1.36. The Kier molecular flexibility index (Phi) is 3.02. The van der Waals surface area contributed by atoms with Gasteiger partial charge in [0, 0.05) is 0 Å². The number of nitrogens with zero attached hydrogens (tertiary/aromatic N) is 1. The van der Waals surface area contributed by atoms with Crippen LogP contribution in [0.2, 0.25) is 0 Å². The van der Waals surface area contributed by atoms with Gasteiger partial charge in [0.2, 0.25) is 0 Å². The molecule has 0 unspecified atom stereocenters. The molecule has 0 aromatic heterocycles. The van der Waals surface area contributed by atoms with Crippen LogP contribution in [-0.4, -0.2) is 11.0 Å². The summed E-state index contributed by atoms with van der Waals surface area (Å²) in [5, 5.41) is 10.4. The number of benzene rings is 1. The van der Waals surface area contributed by atoms with Gasteiger partial charge < -0.3 is 4.74 Å². The van der Waals surface area contributed by atoms with Gasteiger partial charge in [0.1, 0.15) is 5.82 Å². The van der Waals surface area contributed by atoms with E-state index in [0.717, 1.165) is 18.2 Å². The van der Waals surface area contributed by atoms with Crippen LogP contribution >= 0.6 is 11.6 Å². The lowest BCUT2D eigenvalue weighted by atomic mass is 10.3. The highest BCUT2D eigenvalue weighted by Gasteiger charge is 2.15. The third kappa shape index (κ3) is 2.29. The van der Waals surface area contributed by atoms with Gasteiger partial charge in [-0.05, 0) is 12.1 Å². The Labute approximate surface area is 78.0 Å². The highest BCUT2D eigenvalue weighted by Crippen LogP contribution is 2.27. The Morgan fingerprint density at radius 2 is 2.31 bits per heavy atom. The van der Waals surface area contributed by atoms with Crippen LogP contribution in [0.5, 0.6) is 5.75 Å². The lowest BCUT2D eigenvalue weighted by Crippen LogP contribution is -1.96. The number of hydrogen-bond donors (Lipinski definition) is 0. The van der Waals surface area contributed by atoms with Gasteiger partial charge in [0.25, 0.3) is 0 Å². The minimum Gasteiger partial charge on any atom is -0.471 e. The fourth-order valence-electron chi connectivity index (χ4n) is 0.814. The van der Waals surface area contributed by atoms with Crippen LogP contribution in [0.4, 0.5) is 10.1 Å². The Morgan fingerprint density at radius 1 is 1.62 bits per heavy atom. The molecule has 1 rings (SSSR count). The second-order valence-electron chi connectivity index (χ2n) is 2.12. The summed E-state index contributed by atoms with van der Waals surface area (Å²) >= 11 is 5.21. The smallest absolute Gasteiger partial charge is 0.313 e. The maximum absolute atomic E-state index is 12.6. The number of rotatable bonds is 3. The first-order chi connectivity index (χ1) is 6.15. The van der Waals surface area contributed by atoms with E-state index in [1.54, 1.807) is 0 Å². The average molecular weight is 206 g/mol. The SMILES string of the molecule is O=[N+]([O-])c1cc(F)ccc1OCCl. The molecule has 0 radical (unpaired) electrons. The average Bonchev–Trinajstić information content (AvgIpc) is 2.08. The maximum atomic E-state index is 12.6. The van der Waals surface area contributed by atoms with Crippen LogP contribution in [0.15, 0.2) is 18.2 Å². The number of halogens is 2. The van der Waals surface area contributed by atoms with Gasteiger partial charge in [-0.1, -0.05) is 11.6 Å². The van der Waals surface area contributed by atoms with E-state index >= 15 is 0 Å². The van der Waals surface area contributed by atoms with E-state index in [9.17, 15) is 14.5 Å². The molecule has 0 heterocycles. The number of nitro groups is 1. The van der Waals surface area contributed by atoms with Gasteiger partial charge in [-0.2, -0.15) is 0 Å². The van der Waals surface area contributed by atoms with Crippen LogP contribution in [0.25, 0.3) is 0 Å². The Bertz CT molecular complexity index is 332. The molecule has 1 aromatic carbocycles. The van der Waals surface area contributed by atoms with Gasteiger partial charge in [-0.15, -0.1) is 0 Å². The van der Waals surface area contributed by atoms with Crippen molar-refractivity contribution in [2.24, 2.45) is 0 Å². The van der Waals surface area contributed by atoms with E-state index in [1.165, 1.54) is 0 Å². The van der Waals surface area contributed by atoms with Crippen molar-refractivity contribution in [1.82, 2.24) is 0 Å². The van der Waals surface area contributed by atoms with Crippen molar-refractivity contribution in [2.75, 3.05) is 6.07 Å². The van der Waals surface area contributed by atoms with Crippen LogP contribution in [0.1, 0.15) is 0 Å². The molecule has 0 atom stereocenters. The van der Waals surface area contributed by atoms with Crippen LogP contribution in [0.3, 0.4) is 0 Å². The van der Waals surface area contributed by atoms with E-state index in [1.807, 2.05) is 0 Å². The zero-order valence-corrected chi connectivity index (χ0v) is 7.12. The lowest BCUT2D eigenvalue weighted by molar-refractivity contribution is -0.386. The van der Waals surface area contributed by atoms with Gasteiger partial charge in [-0.3, -0.25) is 10.1 Å². The first kappa shape index (κ1) is 9.73. The van der Waals surface area contributed by atoms with Gasteiger partial charge >= 0.3 is 5.69 Å². The molecule has 0 saturated carbocycles. The summed E-state index contributed by atoms with van der Waals surface area (Å²) in [5.74, 6) is -0.727. The lowest BCUT2D eigenvalue weighted by Gasteiger charge is -2.01. The molecule has 0 fully saturated rings. The van der Waals surface area contributed by atoms with Crippen LogP contribution in [0, 0.1) is 15.9 Å². The van der Waals surface area contributed by atoms with Crippen molar-refractivity contribution in [1.29, 1.82) is 0 Å². The fraction of sp³-hybridized carbons (Fsp3) is 0.143. The van der Waals surface area contributed by atoms with E-state index < -0.39 is 16.4 Å². The number of ether oxygens (including phenoxy) is 1. The summed E-state index contributed by atoms with van der Waals surface area (Å²) in [6, 6.07) is 2.79. The first-order valence-electron chi connectivity index (χ1n) is 3.28. The first-order valence-corrected chi connectivity index (χ1v) is 3.81. The summed E-state index contributed by atoms with van der Waals surface area (Å²) < 4.78 is 17.3. The molecule has 0 bridgehead atoms. The van der Waals surface area contributed by atoms with E-state index in [-0.39, 0.29) is 11.8 Å². The third-order valence-electron chi connectivity index (χ3n) is 1.33. The number of nitro benzene ring substituents is 1. The third-order valence-corrected chi connectivity index (χ3v) is 1.44. The molecule has 0 spiro atoms. The summed E-state index contributed by atoms with van der Waals surface area (Å²) in [5.41, 5.74) is -0.430. The van der Waals surface area contributed by atoms with Gasteiger partial charge in [-0.25, -0.2) is 4.39 Å². The topological polar surface area (TPSA) is 52.4 Å². The van der Waals surface area contributed by atoms with Gasteiger partial charge in [0.15, 0.2) is 11.8 Å².